The van der Waals surface area contributed by atoms with Gasteiger partial charge in [0.15, 0.2) is 0 Å². The van der Waals surface area contributed by atoms with E-state index < -0.39 is 0 Å². The van der Waals surface area contributed by atoms with Crippen LogP contribution in [0.15, 0.2) is 66.7 Å². The van der Waals surface area contributed by atoms with Crippen LogP contribution in [0.4, 0.5) is 0 Å². The van der Waals surface area contributed by atoms with Gasteiger partial charge in [-0.1, -0.05) is 54.6 Å². The third kappa shape index (κ3) is 1.84. The molecule has 0 spiro atoms. The molecule has 0 aliphatic carbocycles. The van der Waals surface area contributed by atoms with Gasteiger partial charge in [0.1, 0.15) is 11.5 Å². The minimum Gasteiger partial charge on any atom is -0.456 e. The molecular weight excluding hydrogens is 220 g/mol. The lowest BCUT2D eigenvalue weighted by Crippen LogP contribution is -2.03. The number of rotatable bonds is 1. The molecule has 1 nitrogen and oxygen atoms in total. The molecule has 3 rings (SSSR count). The highest BCUT2D eigenvalue weighted by Crippen LogP contribution is 2.36. The Hall–Kier alpha value is -2.28. The Morgan fingerprint density at radius 3 is 2.39 bits per heavy atom. The van der Waals surface area contributed by atoms with E-state index in [2.05, 4.69) is 37.3 Å². The van der Waals surface area contributed by atoms with Gasteiger partial charge < -0.3 is 4.74 Å². The molecule has 18 heavy (non-hydrogen) atoms. The Kier molecular flexibility index (Phi) is 2.73. The molecule has 0 aromatic heterocycles. The number of para-hydroxylation sites is 1. The first-order valence-electron chi connectivity index (χ1n) is 6.09. The van der Waals surface area contributed by atoms with Crippen LogP contribution in [0.25, 0.3) is 11.3 Å². The van der Waals surface area contributed by atoms with Gasteiger partial charge in [-0.05, 0) is 24.6 Å². The fourth-order valence-electron chi connectivity index (χ4n) is 2.14. The molecule has 1 heteroatoms. The van der Waals surface area contributed by atoms with Crippen molar-refractivity contribution in [3.63, 3.8) is 0 Å². The van der Waals surface area contributed by atoms with E-state index in [-0.39, 0.29) is 0 Å². The van der Waals surface area contributed by atoms with E-state index in [1.807, 2.05) is 36.4 Å². The molecule has 0 radical (unpaired) electrons. The van der Waals surface area contributed by atoms with Crippen LogP contribution in [0.1, 0.15) is 18.1 Å². The van der Waals surface area contributed by atoms with E-state index in [1.165, 1.54) is 5.57 Å². The number of allylic oxidation sites excluding steroid dienone is 3. The normalized spacial score (nSPS) is 15.8. The summed E-state index contributed by atoms with van der Waals surface area (Å²) in [5.74, 6) is 1.83. The van der Waals surface area contributed by atoms with Crippen molar-refractivity contribution in [2.45, 2.75) is 6.92 Å². The molecule has 88 valence electrons. The number of ether oxygens (including phenoxy) is 1. The zero-order chi connectivity index (χ0) is 12.4. The first-order valence-corrected chi connectivity index (χ1v) is 6.09. The van der Waals surface area contributed by atoms with E-state index in [9.17, 15) is 0 Å². The highest BCUT2D eigenvalue weighted by atomic mass is 16.5. The Morgan fingerprint density at radius 1 is 0.889 bits per heavy atom. The fourth-order valence-corrected chi connectivity index (χ4v) is 2.14. The van der Waals surface area contributed by atoms with E-state index in [0.717, 1.165) is 22.6 Å². The van der Waals surface area contributed by atoms with Crippen molar-refractivity contribution >= 4 is 11.3 Å². The van der Waals surface area contributed by atoms with Crippen molar-refractivity contribution in [2.24, 2.45) is 0 Å². The molecule has 0 amide bonds. The lowest BCUT2D eigenvalue weighted by molar-refractivity contribution is 0.509. The van der Waals surface area contributed by atoms with Crippen molar-refractivity contribution in [3.8, 4) is 5.75 Å². The van der Waals surface area contributed by atoms with E-state index in [4.69, 9.17) is 4.74 Å². The maximum absolute atomic E-state index is 5.97. The summed E-state index contributed by atoms with van der Waals surface area (Å²) >= 11 is 0. The van der Waals surface area contributed by atoms with E-state index in [0.29, 0.717) is 0 Å². The second-order valence-electron chi connectivity index (χ2n) is 4.22. The average molecular weight is 234 g/mol. The highest BCUT2D eigenvalue weighted by Gasteiger charge is 2.16. The van der Waals surface area contributed by atoms with Gasteiger partial charge in [-0.25, -0.2) is 0 Å². The molecule has 1 aliphatic rings. The molecule has 0 bridgehead atoms. The largest absolute Gasteiger partial charge is 0.456 e. The Morgan fingerprint density at radius 2 is 1.61 bits per heavy atom. The molecule has 0 saturated heterocycles. The van der Waals surface area contributed by atoms with Crippen molar-refractivity contribution in [1.29, 1.82) is 0 Å². The molecular formula is C17H14O. The molecule has 0 atom stereocenters. The van der Waals surface area contributed by atoms with Crippen LogP contribution in [0.5, 0.6) is 5.75 Å². The lowest BCUT2D eigenvalue weighted by atomic mass is 9.99. The van der Waals surface area contributed by atoms with E-state index >= 15 is 0 Å². The number of hydrogen-bond acceptors (Lipinski definition) is 1. The fraction of sp³-hybridized carbons (Fsp3) is 0.0588. The molecule has 0 fully saturated rings. The van der Waals surface area contributed by atoms with Crippen LogP contribution in [-0.2, 0) is 0 Å². The monoisotopic (exact) mass is 234 g/mol. The molecule has 2 aromatic carbocycles. The van der Waals surface area contributed by atoms with Gasteiger partial charge in [0.25, 0.3) is 0 Å². The third-order valence-corrected chi connectivity index (χ3v) is 3.07. The number of hydrogen-bond donors (Lipinski definition) is 0. The summed E-state index contributed by atoms with van der Waals surface area (Å²) in [6, 6.07) is 18.3. The predicted octanol–water partition coefficient (Wildman–Crippen LogP) is 4.52. The highest BCUT2D eigenvalue weighted by molar-refractivity contribution is 5.87. The van der Waals surface area contributed by atoms with Gasteiger partial charge in [0.2, 0.25) is 0 Å². The van der Waals surface area contributed by atoms with Gasteiger partial charge in [-0.15, -0.1) is 0 Å². The van der Waals surface area contributed by atoms with Crippen LogP contribution < -0.4 is 4.74 Å². The minimum absolute atomic E-state index is 0.905. The van der Waals surface area contributed by atoms with Gasteiger partial charge in [-0.2, -0.15) is 0 Å². The van der Waals surface area contributed by atoms with Crippen molar-refractivity contribution in [1.82, 2.24) is 0 Å². The van der Waals surface area contributed by atoms with Crippen molar-refractivity contribution in [2.75, 3.05) is 0 Å². The Bertz CT molecular complexity index is 621. The zero-order valence-corrected chi connectivity index (χ0v) is 10.3. The first kappa shape index (κ1) is 10.8. The summed E-state index contributed by atoms with van der Waals surface area (Å²) in [5, 5.41) is 0. The SMILES string of the molecule is CC=C1C=C(c2ccccc2)Oc2ccccc21. The quantitative estimate of drug-likeness (QED) is 0.704. The second-order valence-corrected chi connectivity index (χ2v) is 4.22. The Balaban J connectivity index is 2.09. The maximum atomic E-state index is 5.97. The summed E-state index contributed by atoms with van der Waals surface area (Å²) in [5.41, 5.74) is 3.46. The average Bonchev–Trinajstić information content (AvgIpc) is 2.47. The first-order chi connectivity index (χ1) is 8.88. The third-order valence-electron chi connectivity index (χ3n) is 3.07. The summed E-state index contributed by atoms with van der Waals surface area (Å²) in [4.78, 5) is 0. The molecule has 0 saturated carbocycles. The summed E-state index contributed by atoms with van der Waals surface area (Å²) in [6.07, 6.45) is 4.21. The van der Waals surface area contributed by atoms with Gasteiger partial charge >= 0.3 is 0 Å². The maximum Gasteiger partial charge on any atom is 0.135 e. The number of benzene rings is 2. The zero-order valence-electron chi connectivity index (χ0n) is 10.3. The second kappa shape index (κ2) is 4.53. The molecule has 0 N–H and O–H groups in total. The number of fused-ring (bicyclic) bond motifs is 1. The summed E-state index contributed by atoms with van der Waals surface area (Å²) in [6.45, 7) is 2.05. The standard InChI is InChI=1S/C17H14O/c1-2-13-12-17(14-8-4-3-5-9-14)18-16-11-7-6-10-15(13)16/h2-12H,1H3. The van der Waals surface area contributed by atoms with Crippen molar-refractivity contribution in [3.05, 3.63) is 77.9 Å². The van der Waals surface area contributed by atoms with Crippen molar-refractivity contribution < 1.29 is 4.74 Å². The van der Waals surface area contributed by atoms with Gasteiger partial charge in [0, 0.05) is 11.1 Å². The van der Waals surface area contributed by atoms with Crippen LogP contribution >= 0.6 is 0 Å². The van der Waals surface area contributed by atoms with Crippen LogP contribution in [-0.4, -0.2) is 0 Å². The summed E-state index contributed by atoms with van der Waals surface area (Å²) in [7, 11) is 0. The van der Waals surface area contributed by atoms with Crippen LogP contribution in [0.2, 0.25) is 0 Å². The topological polar surface area (TPSA) is 9.23 Å². The molecule has 1 heterocycles. The molecule has 0 unspecified atom stereocenters. The van der Waals surface area contributed by atoms with Crippen LogP contribution in [0, 0.1) is 0 Å². The Labute approximate surface area is 107 Å². The lowest BCUT2D eigenvalue weighted by Gasteiger charge is -2.20. The summed E-state index contributed by atoms with van der Waals surface area (Å²) < 4.78 is 5.97. The van der Waals surface area contributed by atoms with E-state index in [1.54, 1.807) is 0 Å². The smallest absolute Gasteiger partial charge is 0.135 e. The van der Waals surface area contributed by atoms with Crippen LogP contribution in [0.3, 0.4) is 0 Å². The molecule has 1 aliphatic heterocycles. The van der Waals surface area contributed by atoms with Gasteiger partial charge in [-0.3, -0.25) is 0 Å². The van der Waals surface area contributed by atoms with Gasteiger partial charge in [0.05, 0.1) is 0 Å². The minimum atomic E-state index is 0.905. The predicted molar refractivity (Wildman–Crippen MR) is 75.1 cm³/mol. The molecule has 2 aromatic rings.